The number of carbonyl (C=O) groups excluding carboxylic acids is 1. The average molecular weight is 450 g/mol. The summed E-state index contributed by atoms with van der Waals surface area (Å²) in [7, 11) is -2.40. The predicted molar refractivity (Wildman–Crippen MR) is 113 cm³/mol. The summed E-state index contributed by atoms with van der Waals surface area (Å²) in [5.41, 5.74) is 0.918. The summed E-state index contributed by atoms with van der Waals surface area (Å²) in [6.07, 6.45) is 2.76. The molecule has 2 rings (SSSR count). The van der Waals surface area contributed by atoms with Crippen molar-refractivity contribution in [2.45, 2.75) is 13.2 Å². The monoisotopic (exact) mass is 450 g/mol. The lowest BCUT2D eigenvalue weighted by atomic mass is 10.1. The molecule has 166 valence electrons. The molecule has 0 aliphatic carbocycles. The second kappa shape index (κ2) is 12.2. The number of esters is 1. The number of phosphoric acid groups is 1. The third-order valence-electron chi connectivity index (χ3n) is 3.90. The molecule has 0 aliphatic heterocycles. The van der Waals surface area contributed by atoms with Crippen molar-refractivity contribution in [1.29, 1.82) is 0 Å². The quantitative estimate of drug-likeness (QED) is 0.235. The Labute approximate surface area is 180 Å². The molecule has 0 spiro atoms. The van der Waals surface area contributed by atoms with Gasteiger partial charge in [-0.25, -0.2) is 13.8 Å². The van der Waals surface area contributed by atoms with Crippen LogP contribution in [0.4, 0.5) is 4.39 Å². The minimum absolute atomic E-state index is 0.0248. The van der Waals surface area contributed by atoms with Crippen LogP contribution in [0, 0.1) is 5.82 Å². The molecule has 0 aromatic heterocycles. The fourth-order valence-electron chi connectivity index (χ4n) is 2.36. The van der Waals surface area contributed by atoms with Gasteiger partial charge < -0.3 is 9.47 Å². The van der Waals surface area contributed by atoms with E-state index in [2.05, 4.69) is 13.2 Å². The molecule has 0 unspecified atom stereocenters. The van der Waals surface area contributed by atoms with E-state index in [1.54, 1.807) is 31.4 Å². The van der Waals surface area contributed by atoms with Crippen LogP contribution in [0.15, 0.2) is 67.8 Å². The minimum atomic E-state index is -3.95. The molecule has 2 aromatic rings. The summed E-state index contributed by atoms with van der Waals surface area (Å²) in [6.45, 7) is 6.45. The Bertz CT molecular complexity index is 927. The van der Waals surface area contributed by atoms with Gasteiger partial charge in [-0.15, -0.1) is 13.2 Å². The number of benzene rings is 2. The maximum absolute atomic E-state index is 13.8. The zero-order chi connectivity index (χ0) is 22.7. The zero-order valence-corrected chi connectivity index (χ0v) is 18.0. The number of carbonyl (C=O) groups is 1. The molecule has 0 aliphatic rings. The number of phosphoric ester groups is 1. The van der Waals surface area contributed by atoms with Crippen LogP contribution in [0.25, 0.3) is 0 Å². The SMILES string of the molecule is C=CCOP(=O)(OCC=C)OCc1ccc(F)cc1C(=O)OCc1ccc(OC)cc1. The Hall–Kier alpha value is -2.77. The lowest BCUT2D eigenvalue weighted by molar-refractivity contribution is 0.0467. The highest BCUT2D eigenvalue weighted by Gasteiger charge is 2.27. The van der Waals surface area contributed by atoms with Crippen LogP contribution < -0.4 is 4.74 Å². The lowest BCUT2D eigenvalue weighted by Crippen LogP contribution is -2.10. The van der Waals surface area contributed by atoms with Crippen LogP contribution in [0.1, 0.15) is 21.5 Å². The van der Waals surface area contributed by atoms with E-state index >= 15 is 0 Å². The van der Waals surface area contributed by atoms with E-state index in [0.717, 1.165) is 17.7 Å². The van der Waals surface area contributed by atoms with Crippen molar-refractivity contribution >= 4 is 13.8 Å². The van der Waals surface area contributed by atoms with Crippen LogP contribution in [-0.2, 0) is 36.1 Å². The molecule has 0 N–H and O–H groups in total. The molecular formula is C22H24FO7P. The van der Waals surface area contributed by atoms with Crippen molar-refractivity contribution in [2.75, 3.05) is 20.3 Å². The van der Waals surface area contributed by atoms with Crippen LogP contribution in [0.2, 0.25) is 0 Å². The van der Waals surface area contributed by atoms with Crippen LogP contribution in [0.3, 0.4) is 0 Å². The standard InChI is InChI=1S/C22H24FO7P/c1-4-12-28-31(25,29-13-5-2)30-16-18-8-9-19(23)14-21(18)22(24)27-15-17-6-10-20(26-3)11-7-17/h4-11,14H,1-2,12-13,15-16H2,3H3. The van der Waals surface area contributed by atoms with E-state index in [-0.39, 0.29) is 37.6 Å². The molecule has 7 nitrogen and oxygen atoms in total. The average Bonchev–Trinajstić information content (AvgIpc) is 2.79. The Balaban J connectivity index is 2.10. The van der Waals surface area contributed by atoms with E-state index in [0.29, 0.717) is 5.75 Å². The van der Waals surface area contributed by atoms with Crippen LogP contribution >= 0.6 is 7.82 Å². The van der Waals surface area contributed by atoms with Crippen LogP contribution in [-0.4, -0.2) is 26.3 Å². The topological polar surface area (TPSA) is 80.3 Å². The number of hydrogen-bond donors (Lipinski definition) is 0. The van der Waals surface area contributed by atoms with Gasteiger partial charge in [0.2, 0.25) is 0 Å². The maximum atomic E-state index is 13.8. The fourth-order valence-corrected chi connectivity index (χ4v) is 3.46. The molecule has 0 saturated heterocycles. The molecule has 9 heteroatoms. The fraction of sp³-hybridized carbons (Fsp3) is 0.227. The zero-order valence-electron chi connectivity index (χ0n) is 17.1. The van der Waals surface area contributed by atoms with Crippen LogP contribution in [0.5, 0.6) is 5.75 Å². The van der Waals surface area contributed by atoms with Gasteiger partial charge in [-0.05, 0) is 35.4 Å². The second-order valence-corrected chi connectivity index (χ2v) is 7.78. The first kappa shape index (κ1) is 24.5. The summed E-state index contributed by atoms with van der Waals surface area (Å²) >= 11 is 0. The first-order valence-electron chi connectivity index (χ1n) is 9.24. The summed E-state index contributed by atoms with van der Waals surface area (Å²) in [6, 6.07) is 10.5. The minimum Gasteiger partial charge on any atom is -0.497 e. The molecule has 31 heavy (non-hydrogen) atoms. The van der Waals surface area contributed by atoms with Gasteiger partial charge in [0, 0.05) is 0 Å². The Morgan fingerprint density at radius 2 is 1.65 bits per heavy atom. The summed E-state index contributed by atoms with van der Waals surface area (Å²) in [5, 5.41) is 0. The van der Waals surface area contributed by atoms with Gasteiger partial charge in [-0.2, -0.15) is 0 Å². The molecule has 0 atom stereocenters. The normalized spacial score (nSPS) is 11.0. The summed E-state index contributed by atoms with van der Waals surface area (Å²) in [5.74, 6) is -0.724. The first-order chi connectivity index (χ1) is 14.9. The summed E-state index contributed by atoms with van der Waals surface area (Å²) in [4.78, 5) is 12.6. The van der Waals surface area contributed by atoms with Gasteiger partial charge in [0.1, 0.15) is 18.2 Å². The molecule has 0 heterocycles. The van der Waals surface area contributed by atoms with Gasteiger partial charge >= 0.3 is 13.8 Å². The highest BCUT2D eigenvalue weighted by molar-refractivity contribution is 7.48. The predicted octanol–water partition coefficient (Wildman–Crippen LogP) is 5.22. The number of hydrogen-bond acceptors (Lipinski definition) is 7. The largest absolute Gasteiger partial charge is 0.497 e. The number of rotatable bonds is 13. The second-order valence-electron chi connectivity index (χ2n) is 6.12. The third kappa shape index (κ3) is 7.77. The molecule has 0 saturated carbocycles. The smallest absolute Gasteiger partial charge is 0.475 e. The van der Waals surface area contributed by atoms with Gasteiger partial charge in [-0.3, -0.25) is 13.6 Å². The molecule has 2 aromatic carbocycles. The third-order valence-corrected chi connectivity index (χ3v) is 5.28. The van der Waals surface area contributed by atoms with Crippen molar-refractivity contribution in [3.8, 4) is 5.75 Å². The number of ether oxygens (including phenoxy) is 2. The molecule has 0 bridgehead atoms. The Morgan fingerprint density at radius 1 is 1.00 bits per heavy atom. The van der Waals surface area contributed by atoms with Crippen molar-refractivity contribution in [2.24, 2.45) is 0 Å². The van der Waals surface area contributed by atoms with E-state index < -0.39 is 19.6 Å². The Morgan fingerprint density at radius 3 is 2.23 bits per heavy atom. The molecule has 0 amide bonds. The Kier molecular flexibility index (Phi) is 9.62. The molecule has 0 radical (unpaired) electrons. The lowest BCUT2D eigenvalue weighted by Gasteiger charge is -2.17. The van der Waals surface area contributed by atoms with Gasteiger partial charge in [0.05, 0.1) is 32.5 Å². The summed E-state index contributed by atoms with van der Waals surface area (Å²) < 4.78 is 52.3. The molecule has 0 fully saturated rings. The van der Waals surface area contributed by atoms with Crippen molar-refractivity contribution < 1.29 is 36.8 Å². The van der Waals surface area contributed by atoms with Crippen molar-refractivity contribution in [3.05, 3.63) is 90.3 Å². The molecular weight excluding hydrogens is 426 g/mol. The van der Waals surface area contributed by atoms with Gasteiger partial charge in [-0.1, -0.05) is 30.4 Å². The van der Waals surface area contributed by atoms with Crippen molar-refractivity contribution in [3.63, 3.8) is 0 Å². The van der Waals surface area contributed by atoms with E-state index in [1.807, 2.05) is 0 Å². The first-order valence-corrected chi connectivity index (χ1v) is 10.7. The van der Waals surface area contributed by atoms with Gasteiger partial charge in [0.25, 0.3) is 0 Å². The highest BCUT2D eigenvalue weighted by atomic mass is 31.2. The van der Waals surface area contributed by atoms with E-state index in [1.165, 1.54) is 18.2 Å². The highest BCUT2D eigenvalue weighted by Crippen LogP contribution is 2.50. The number of halogens is 1. The number of methoxy groups -OCH3 is 1. The van der Waals surface area contributed by atoms with E-state index in [4.69, 9.17) is 23.0 Å². The van der Waals surface area contributed by atoms with E-state index in [9.17, 15) is 13.8 Å². The maximum Gasteiger partial charge on any atom is 0.475 e. The van der Waals surface area contributed by atoms with Crippen molar-refractivity contribution in [1.82, 2.24) is 0 Å². The van der Waals surface area contributed by atoms with Gasteiger partial charge in [0.15, 0.2) is 0 Å².